The number of fused-ring (bicyclic) bond motifs is 1. The zero-order valence-electron chi connectivity index (χ0n) is 19.1. The molecule has 3 aromatic carbocycles. The largest absolute Gasteiger partial charge is 0.493 e. The summed E-state index contributed by atoms with van der Waals surface area (Å²) in [6.07, 6.45) is 2.12. The number of rotatable bonds is 5. The number of ether oxygens (including phenoxy) is 1. The van der Waals surface area contributed by atoms with E-state index in [2.05, 4.69) is 92.7 Å². The molecule has 2 heterocycles. The Balaban J connectivity index is 1.71. The van der Waals surface area contributed by atoms with Crippen molar-refractivity contribution in [1.82, 2.24) is 0 Å². The summed E-state index contributed by atoms with van der Waals surface area (Å²) in [7, 11) is 0. The van der Waals surface area contributed by atoms with Crippen molar-refractivity contribution in [2.75, 3.05) is 13.2 Å². The molecule has 2 aliphatic heterocycles. The van der Waals surface area contributed by atoms with Gasteiger partial charge in [-0.2, -0.15) is 0 Å². The van der Waals surface area contributed by atoms with Gasteiger partial charge in [-0.05, 0) is 38.8 Å². The van der Waals surface area contributed by atoms with Crippen LogP contribution in [0.3, 0.4) is 0 Å². The van der Waals surface area contributed by atoms with E-state index in [1.807, 2.05) is 0 Å². The van der Waals surface area contributed by atoms with Gasteiger partial charge in [-0.3, -0.25) is 9.48 Å². The molecule has 0 bridgehead atoms. The van der Waals surface area contributed by atoms with Gasteiger partial charge in [0.05, 0.1) is 18.0 Å². The third kappa shape index (κ3) is 4.01. The molecule has 0 radical (unpaired) electrons. The molecule has 0 N–H and O–H groups in total. The van der Waals surface area contributed by atoms with Gasteiger partial charge in [-0.25, -0.2) is 0 Å². The minimum Gasteiger partial charge on any atom is -0.493 e. The van der Waals surface area contributed by atoms with Gasteiger partial charge in [-0.1, -0.05) is 66.7 Å². The van der Waals surface area contributed by atoms with Gasteiger partial charge < -0.3 is 4.74 Å². The molecule has 0 aliphatic carbocycles. The normalized spacial score (nSPS) is 17.4. The molecule has 0 spiro atoms. The fourth-order valence-electron chi connectivity index (χ4n) is 5.49. The Bertz CT molecular complexity index is 1120. The first kappa shape index (κ1) is 20.7. The second kappa shape index (κ2) is 8.76. The van der Waals surface area contributed by atoms with E-state index in [9.17, 15) is 0 Å². The van der Waals surface area contributed by atoms with E-state index >= 15 is 0 Å². The van der Waals surface area contributed by atoms with Gasteiger partial charge in [0.25, 0.3) is 0 Å². The average Bonchev–Trinajstić information content (AvgIpc) is 2.80. The summed E-state index contributed by atoms with van der Waals surface area (Å²) in [5.41, 5.74) is 9.01. The molecule has 3 heteroatoms. The summed E-state index contributed by atoms with van der Waals surface area (Å²) in [4.78, 5) is 5.01. The average molecular weight is 424 g/mol. The first-order valence-corrected chi connectivity index (χ1v) is 11.6. The lowest BCUT2D eigenvalue weighted by atomic mass is 9.92. The van der Waals surface area contributed by atoms with Gasteiger partial charge in [0.2, 0.25) is 0 Å². The van der Waals surface area contributed by atoms with Crippen LogP contribution in [0.4, 0.5) is 0 Å². The highest BCUT2D eigenvalue weighted by Gasteiger charge is 2.40. The van der Waals surface area contributed by atoms with Crippen LogP contribution in [-0.2, 0) is 19.5 Å². The Hall–Kier alpha value is -3.17. The van der Waals surface area contributed by atoms with E-state index in [4.69, 9.17) is 9.73 Å². The Morgan fingerprint density at radius 3 is 2.12 bits per heavy atom. The van der Waals surface area contributed by atoms with Crippen molar-refractivity contribution in [1.29, 1.82) is 0 Å². The lowest BCUT2D eigenvalue weighted by Crippen LogP contribution is -2.50. The third-order valence-electron chi connectivity index (χ3n) is 6.58. The zero-order chi connectivity index (χ0) is 22.0. The van der Waals surface area contributed by atoms with Crippen LogP contribution in [0.25, 0.3) is 5.70 Å². The van der Waals surface area contributed by atoms with Crippen molar-refractivity contribution in [2.24, 2.45) is 4.99 Å². The summed E-state index contributed by atoms with van der Waals surface area (Å²) in [6.45, 7) is 7.93. The minimum atomic E-state index is 0.805. The van der Waals surface area contributed by atoms with E-state index in [0.29, 0.717) is 0 Å². The van der Waals surface area contributed by atoms with Gasteiger partial charge in [-0.15, -0.1) is 0 Å². The van der Waals surface area contributed by atoms with E-state index in [-0.39, 0.29) is 0 Å². The Kier molecular flexibility index (Phi) is 5.67. The second-order valence-electron chi connectivity index (χ2n) is 9.11. The van der Waals surface area contributed by atoms with Gasteiger partial charge in [0.1, 0.15) is 25.4 Å². The van der Waals surface area contributed by atoms with Crippen LogP contribution in [0, 0.1) is 0 Å². The highest BCUT2D eigenvalue weighted by molar-refractivity contribution is 5.87. The van der Waals surface area contributed by atoms with Crippen molar-refractivity contribution >= 4 is 11.4 Å². The first-order chi connectivity index (χ1) is 15.6. The molecule has 5 rings (SSSR count). The molecular formula is C29H31N2O+. The number of hydrogen-bond donors (Lipinski definition) is 0. The molecule has 0 amide bonds. The maximum absolute atomic E-state index is 6.05. The van der Waals surface area contributed by atoms with Gasteiger partial charge in [0.15, 0.2) is 5.70 Å². The summed E-state index contributed by atoms with van der Waals surface area (Å²) in [5.74, 6) is 1.04. The number of nitrogens with zero attached hydrogens (tertiary/aromatic N) is 2. The maximum Gasteiger partial charge on any atom is 0.162 e. The van der Waals surface area contributed by atoms with Crippen LogP contribution in [0.2, 0.25) is 0 Å². The highest BCUT2D eigenvalue weighted by Crippen LogP contribution is 2.42. The molecule has 0 unspecified atom stereocenters. The molecular weight excluding hydrogens is 392 g/mol. The number of aliphatic imine (C=N–C) groups is 1. The summed E-state index contributed by atoms with van der Waals surface area (Å²) >= 11 is 0. The molecule has 32 heavy (non-hydrogen) atoms. The molecule has 0 atom stereocenters. The number of quaternary nitrogens is 1. The van der Waals surface area contributed by atoms with Crippen molar-refractivity contribution < 1.29 is 9.22 Å². The van der Waals surface area contributed by atoms with Crippen molar-refractivity contribution in [3.63, 3.8) is 0 Å². The highest BCUT2D eigenvalue weighted by atomic mass is 16.5. The van der Waals surface area contributed by atoms with Crippen LogP contribution in [0.15, 0.2) is 89.6 Å². The SMILES string of the molecule is CC1=NC(C)=C(c2cccc3c2CCCO3)[N+](Cc2ccccc2)(Cc2ccccc2)C1. The van der Waals surface area contributed by atoms with E-state index in [1.54, 1.807) is 0 Å². The number of hydrogen-bond acceptors (Lipinski definition) is 2. The zero-order valence-corrected chi connectivity index (χ0v) is 19.1. The fourth-order valence-corrected chi connectivity index (χ4v) is 5.49. The molecule has 2 aliphatic rings. The standard InChI is InChI=1S/C29H31N2O/c1-22-19-31(20-24-11-5-3-6-12-24,21-25-13-7-4-8-14-25)29(23(2)30-22)27-15-9-17-28-26(27)16-10-18-32-28/h3-9,11-15,17H,10,16,18-21H2,1-2H3/q+1. The first-order valence-electron chi connectivity index (χ1n) is 11.6. The summed E-state index contributed by atoms with van der Waals surface area (Å²) in [5, 5.41) is 0. The van der Waals surface area contributed by atoms with E-state index in [1.165, 1.54) is 33.7 Å². The van der Waals surface area contributed by atoms with E-state index in [0.717, 1.165) is 55.0 Å². The quantitative estimate of drug-likeness (QED) is 0.436. The van der Waals surface area contributed by atoms with Crippen LogP contribution < -0.4 is 4.74 Å². The number of benzene rings is 3. The van der Waals surface area contributed by atoms with Crippen molar-refractivity contribution in [3.8, 4) is 5.75 Å². The monoisotopic (exact) mass is 423 g/mol. The fraction of sp³-hybridized carbons (Fsp3) is 0.276. The van der Waals surface area contributed by atoms with Crippen LogP contribution in [-0.4, -0.2) is 23.3 Å². The van der Waals surface area contributed by atoms with E-state index < -0.39 is 0 Å². The molecule has 0 saturated heterocycles. The van der Waals surface area contributed by atoms with Crippen molar-refractivity contribution in [2.45, 2.75) is 39.8 Å². The summed E-state index contributed by atoms with van der Waals surface area (Å²) < 4.78 is 6.89. The topological polar surface area (TPSA) is 21.6 Å². The summed E-state index contributed by atoms with van der Waals surface area (Å²) in [6, 6.07) is 28.3. The molecule has 0 saturated carbocycles. The van der Waals surface area contributed by atoms with Crippen LogP contribution in [0.5, 0.6) is 5.75 Å². The second-order valence-corrected chi connectivity index (χ2v) is 9.11. The molecule has 0 fully saturated rings. The molecule has 0 aromatic heterocycles. The smallest absolute Gasteiger partial charge is 0.162 e. The lowest BCUT2D eigenvalue weighted by molar-refractivity contribution is -0.879. The van der Waals surface area contributed by atoms with Crippen molar-refractivity contribution in [3.05, 3.63) is 107 Å². The molecule has 162 valence electrons. The predicted octanol–water partition coefficient (Wildman–Crippen LogP) is 6.39. The number of allylic oxidation sites excluding steroid dienone is 1. The van der Waals surface area contributed by atoms with Gasteiger partial charge in [0, 0.05) is 22.3 Å². The van der Waals surface area contributed by atoms with Crippen LogP contribution >= 0.6 is 0 Å². The third-order valence-corrected chi connectivity index (χ3v) is 6.58. The Morgan fingerprint density at radius 1 is 0.812 bits per heavy atom. The Morgan fingerprint density at radius 2 is 1.47 bits per heavy atom. The maximum atomic E-state index is 6.05. The Labute approximate surface area is 191 Å². The minimum absolute atomic E-state index is 0.805. The molecule has 3 nitrogen and oxygen atoms in total. The molecule has 3 aromatic rings. The van der Waals surface area contributed by atoms with Gasteiger partial charge >= 0.3 is 0 Å². The lowest BCUT2D eigenvalue weighted by Gasteiger charge is -2.43. The predicted molar refractivity (Wildman–Crippen MR) is 131 cm³/mol. The van der Waals surface area contributed by atoms with Crippen LogP contribution in [0.1, 0.15) is 42.5 Å².